The number of amides is 1. The summed E-state index contributed by atoms with van der Waals surface area (Å²) in [4.78, 5) is 19.6. The number of nitrogens with two attached hydrogens (primary N) is 1. The van der Waals surface area contributed by atoms with Gasteiger partial charge in [0.15, 0.2) is 0 Å². The van der Waals surface area contributed by atoms with Crippen LogP contribution in [-0.4, -0.2) is 65.4 Å². The number of likely N-dealkylation sites (tertiary alicyclic amines) is 1. The highest BCUT2D eigenvalue weighted by molar-refractivity contribution is 6.35. The van der Waals surface area contributed by atoms with Gasteiger partial charge in [0.2, 0.25) is 0 Å². The van der Waals surface area contributed by atoms with Gasteiger partial charge in [-0.05, 0) is 42.9 Å². The predicted octanol–water partition coefficient (Wildman–Crippen LogP) is 1.67. The summed E-state index contributed by atoms with van der Waals surface area (Å²) in [7, 11) is 0. The summed E-state index contributed by atoms with van der Waals surface area (Å²) >= 11 is 6.24. The van der Waals surface area contributed by atoms with Crippen molar-refractivity contribution in [3.8, 4) is 0 Å². The number of carbonyl (C=O) groups excluding carboxylic acids is 1. The van der Waals surface area contributed by atoms with Crippen LogP contribution in [0.1, 0.15) is 23.2 Å². The SMILES string of the molecule is Nc1c(Cl)cc(C(=O)NC2C3CN(CC4(O)CCCOC4)CC32)c2ncccc12. The van der Waals surface area contributed by atoms with Crippen molar-refractivity contribution in [1.82, 2.24) is 15.2 Å². The lowest BCUT2D eigenvalue weighted by Gasteiger charge is -2.36. The Hall–Kier alpha value is -1.93. The molecule has 5 rings (SSSR count). The molecule has 2 saturated heterocycles. The summed E-state index contributed by atoms with van der Waals surface area (Å²) in [5.74, 6) is 0.687. The minimum atomic E-state index is -0.737. The van der Waals surface area contributed by atoms with Gasteiger partial charge in [-0.2, -0.15) is 0 Å². The average Bonchev–Trinajstić information content (AvgIpc) is 3.15. The highest BCUT2D eigenvalue weighted by Gasteiger charge is 2.57. The Labute approximate surface area is 174 Å². The van der Waals surface area contributed by atoms with Gasteiger partial charge in [-0.25, -0.2) is 0 Å². The molecule has 2 aromatic rings. The number of aliphatic hydroxyl groups is 1. The summed E-state index contributed by atoms with van der Waals surface area (Å²) in [6.07, 6.45) is 3.34. The highest BCUT2D eigenvalue weighted by atomic mass is 35.5. The van der Waals surface area contributed by atoms with Gasteiger partial charge >= 0.3 is 0 Å². The second-order valence-corrected chi connectivity index (χ2v) is 9.03. The van der Waals surface area contributed by atoms with E-state index in [9.17, 15) is 9.90 Å². The molecule has 154 valence electrons. The number of ether oxygens (including phenoxy) is 1. The Balaban J connectivity index is 1.23. The Morgan fingerprint density at radius 2 is 2.24 bits per heavy atom. The second kappa shape index (κ2) is 7.09. The lowest BCUT2D eigenvalue weighted by Crippen LogP contribution is -2.49. The van der Waals surface area contributed by atoms with Crippen LogP contribution in [0.25, 0.3) is 10.9 Å². The van der Waals surface area contributed by atoms with Crippen molar-refractivity contribution < 1.29 is 14.6 Å². The number of nitrogens with zero attached hydrogens (tertiary/aromatic N) is 2. The number of pyridine rings is 1. The summed E-state index contributed by atoms with van der Waals surface area (Å²) in [6.45, 7) is 3.57. The third-order valence-electron chi connectivity index (χ3n) is 6.51. The summed E-state index contributed by atoms with van der Waals surface area (Å²) in [6, 6.07) is 5.36. The summed E-state index contributed by atoms with van der Waals surface area (Å²) in [5, 5.41) is 14.9. The largest absolute Gasteiger partial charge is 0.397 e. The molecule has 8 heteroatoms. The van der Waals surface area contributed by atoms with Gasteiger partial charge < -0.3 is 20.9 Å². The van der Waals surface area contributed by atoms with Crippen LogP contribution < -0.4 is 11.1 Å². The topological polar surface area (TPSA) is 101 Å². The monoisotopic (exact) mass is 416 g/mol. The van der Waals surface area contributed by atoms with Gasteiger partial charge in [0.1, 0.15) is 5.60 Å². The Kier molecular flexibility index (Phi) is 4.66. The van der Waals surface area contributed by atoms with Crippen LogP contribution in [0.2, 0.25) is 5.02 Å². The number of β-amino-alcohol motifs (C(OH)–C–C–N with tert-alkyl or cyclic N) is 1. The first-order chi connectivity index (χ1) is 14.0. The van der Waals surface area contributed by atoms with Crippen LogP contribution in [0.4, 0.5) is 5.69 Å². The molecule has 0 radical (unpaired) electrons. The van der Waals surface area contributed by atoms with Gasteiger partial charge in [0.05, 0.1) is 28.4 Å². The molecule has 3 fully saturated rings. The van der Waals surface area contributed by atoms with E-state index in [2.05, 4.69) is 15.2 Å². The number of rotatable bonds is 4. The lowest BCUT2D eigenvalue weighted by atomic mass is 9.96. The molecule has 0 spiro atoms. The standard InChI is InChI=1S/C21H25ClN4O3/c22-16-7-13(18-12(17(16)23)3-1-5-24-18)20(27)25-19-14-8-26(9-15(14)19)10-21(28)4-2-6-29-11-21/h1,3,5,7,14-15,19,28H,2,4,6,8-11,23H2,(H,25,27). The fourth-order valence-electron chi connectivity index (χ4n) is 4.98. The molecule has 29 heavy (non-hydrogen) atoms. The molecule has 4 N–H and O–H groups in total. The van der Waals surface area contributed by atoms with E-state index >= 15 is 0 Å². The second-order valence-electron chi connectivity index (χ2n) is 8.62. The molecule has 1 amide bonds. The van der Waals surface area contributed by atoms with E-state index in [-0.39, 0.29) is 11.9 Å². The number of piperidine rings is 1. The minimum Gasteiger partial charge on any atom is -0.397 e. The van der Waals surface area contributed by atoms with Crippen molar-refractivity contribution in [1.29, 1.82) is 0 Å². The summed E-state index contributed by atoms with van der Waals surface area (Å²) in [5.41, 5.74) is 6.76. The molecule has 3 heterocycles. The van der Waals surface area contributed by atoms with Gasteiger partial charge in [-0.3, -0.25) is 14.7 Å². The molecule has 2 aliphatic heterocycles. The molecule has 7 nitrogen and oxygen atoms in total. The smallest absolute Gasteiger partial charge is 0.253 e. The van der Waals surface area contributed by atoms with Crippen LogP contribution in [0, 0.1) is 11.8 Å². The maximum absolute atomic E-state index is 12.9. The Bertz CT molecular complexity index is 950. The predicted molar refractivity (Wildman–Crippen MR) is 111 cm³/mol. The molecule has 3 unspecified atom stereocenters. The zero-order chi connectivity index (χ0) is 20.2. The van der Waals surface area contributed by atoms with Crippen molar-refractivity contribution in [3.63, 3.8) is 0 Å². The van der Waals surface area contributed by atoms with E-state index in [1.54, 1.807) is 18.3 Å². The van der Waals surface area contributed by atoms with Crippen LogP contribution >= 0.6 is 11.6 Å². The molecule has 1 saturated carbocycles. The van der Waals surface area contributed by atoms with Crippen LogP contribution in [-0.2, 0) is 4.74 Å². The number of hydrogen-bond donors (Lipinski definition) is 3. The van der Waals surface area contributed by atoms with Gasteiger partial charge in [0.25, 0.3) is 5.91 Å². The number of hydrogen-bond acceptors (Lipinski definition) is 6. The number of anilines is 1. The van der Waals surface area contributed by atoms with E-state index in [4.69, 9.17) is 22.1 Å². The third kappa shape index (κ3) is 3.46. The lowest BCUT2D eigenvalue weighted by molar-refractivity contribution is -0.0989. The summed E-state index contributed by atoms with van der Waals surface area (Å²) < 4.78 is 5.45. The maximum atomic E-state index is 12.9. The molecule has 1 aromatic heterocycles. The maximum Gasteiger partial charge on any atom is 0.253 e. The quantitative estimate of drug-likeness (QED) is 0.655. The van der Waals surface area contributed by atoms with E-state index in [0.29, 0.717) is 52.2 Å². The van der Waals surface area contributed by atoms with Crippen LogP contribution in [0.3, 0.4) is 0 Å². The highest BCUT2D eigenvalue weighted by Crippen LogP contribution is 2.46. The van der Waals surface area contributed by atoms with Crippen LogP contribution in [0.5, 0.6) is 0 Å². The zero-order valence-electron chi connectivity index (χ0n) is 16.1. The molecular formula is C21H25ClN4O3. The first-order valence-corrected chi connectivity index (χ1v) is 10.5. The molecule has 1 aliphatic carbocycles. The molecule has 0 bridgehead atoms. The van der Waals surface area contributed by atoms with Crippen LogP contribution in [0.15, 0.2) is 24.4 Å². The van der Waals surface area contributed by atoms with Crippen molar-refractivity contribution in [3.05, 3.63) is 35.0 Å². The van der Waals surface area contributed by atoms with E-state index in [1.807, 2.05) is 6.07 Å². The number of nitrogen functional groups attached to an aromatic ring is 1. The molecule has 3 atom stereocenters. The number of aromatic nitrogens is 1. The third-order valence-corrected chi connectivity index (χ3v) is 6.83. The zero-order valence-corrected chi connectivity index (χ0v) is 16.9. The van der Waals surface area contributed by atoms with Crippen molar-refractivity contribution >= 4 is 34.1 Å². The first kappa shape index (κ1) is 19.1. The molecule has 1 aromatic carbocycles. The van der Waals surface area contributed by atoms with Crippen molar-refractivity contribution in [2.45, 2.75) is 24.5 Å². The Morgan fingerprint density at radius 1 is 1.45 bits per heavy atom. The van der Waals surface area contributed by atoms with E-state index in [1.165, 1.54) is 0 Å². The number of carbonyl (C=O) groups is 1. The fraction of sp³-hybridized carbons (Fsp3) is 0.524. The number of halogens is 1. The van der Waals surface area contributed by atoms with E-state index in [0.717, 1.165) is 32.5 Å². The number of fused-ring (bicyclic) bond motifs is 2. The van der Waals surface area contributed by atoms with Gasteiger partial charge in [0, 0.05) is 43.9 Å². The first-order valence-electron chi connectivity index (χ1n) is 10.1. The Morgan fingerprint density at radius 3 is 2.97 bits per heavy atom. The van der Waals surface area contributed by atoms with E-state index < -0.39 is 5.60 Å². The van der Waals surface area contributed by atoms with Gasteiger partial charge in [-0.15, -0.1) is 0 Å². The fourth-order valence-corrected chi connectivity index (χ4v) is 5.19. The minimum absolute atomic E-state index is 0.158. The molecular weight excluding hydrogens is 392 g/mol. The number of benzene rings is 1. The van der Waals surface area contributed by atoms with Gasteiger partial charge in [-0.1, -0.05) is 11.6 Å². The average molecular weight is 417 g/mol. The number of nitrogens with one attached hydrogen (secondary N) is 1. The van der Waals surface area contributed by atoms with Crippen molar-refractivity contribution in [2.75, 3.05) is 38.6 Å². The normalized spacial score (nSPS) is 31.6. The molecule has 3 aliphatic rings. The van der Waals surface area contributed by atoms with Crippen molar-refractivity contribution in [2.24, 2.45) is 11.8 Å².